The fourth-order valence-corrected chi connectivity index (χ4v) is 2.19. The van der Waals surface area contributed by atoms with Crippen molar-refractivity contribution in [1.29, 1.82) is 0 Å². The molecule has 1 aromatic carbocycles. The average molecular weight is 263 g/mol. The van der Waals surface area contributed by atoms with Crippen LogP contribution < -0.4 is 16.0 Å². The molecule has 19 heavy (non-hydrogen) atoms. The van der Waals surface area contributed by atoms with E-state index in [9.17, 15) is 9.59 Å². The monoisotopic (exact) mass is 263 g/mol. The van der Waals surface area contributed by atoms with E-state index in [0.717, 1.165) is 16.9 Å². The third-order valence-corrected chi connectivity index (χ3v) is 3.26. The first-order valence-electron chi connectivity index (χ1n) is 6.12. The molecule has 6 nitrogen and oxygen atoms in total. The van der Waals surface area contributed by atoms with Crippen LogP contribution in [-0.4, -0.2) is 36.6 Å². The van der Waals surface area contributed by atoms with Crippen LogP contribution in [0, 0.1) is 0 Å². The van der Waals surface area contributed by atoms with Crippen LogP contribution in [0.4, 0.5) is 11.4 Å². The van der Waals surface area contributed by atoms with Gasteiger partial charge in [-0.2, -0.15) is 0 Å². The van der Waals surface area contributed by atoms with E-state index in [-0.39, 0.29) is 12.5 Å². The van der Waals surface area contributed by atoms with E-state index in [2.05, 4.69) is 5.32 Å². The Kier molecular flexibility index (Phi) is 3.71. The Morgan fingerprint density at radius 1 is 1.53 bits per heavy atom. The first kappa shape index (κ1) is 13.4. The summed E-state index contributed by atoms with van der Waals surface area (Å²) >= 11 is 0. The number of carbonyl (C=O) groups is 2. The number of nitrogens with two attached hydrogens (primary N) is 1. The number of nitrogens with one attached hydrogen (secondary N) is 1. The average Bonchev–Trinajstić information content (AvgIpc) is 2.41. The number of carboxylic acid groups (broad SMARTS) is 1. The summed E-state index contributed by atoms with van der Waals surface area (Å²) in [6.45, 7) is 0.0000664. The molecular weight excluding hydrogens is 246 g/mol. The number of hydrogen-bond donors (Lipinski definition) is 3. The summed E-state index contributed by atoms with van der Waals surface area (Å²) in [7, 11) is 1.83. The zero-order chi connectivity index (χ0) is 14.0. The highest BCUT2D eigenvalue weighted by molar-refractivity contribution is 5.97. The standard InChI is InChI=1S/C13H17N3O3/c1-15-9-3-4-11-8(6-9)2-5-12(17)16(11)7-10(14)13(18)19/h3-4,6,10,15H,2,5,7,14H2,1H3,(H,18,19). The highest BCUT2D eigenvalue weighted by atomic mass is 16.4. The lowest BCUT2D eigenvalue weighted by molar-refractivity contribution is -0.138. The second-order valence-corrected chi connectivity index (χ2v) is 4.54. The van der Waals surface area contributed by atoms with Gasteiger partial charge in [-0.15, -0.1) is 0 Å². The number of fused-ring (bicyclic) bond motifs is 1. The number of aryl methyl sites for hydroxylation is 1. The molecule has 1 heterocycles. The molecular formula is C13H17N3O3. The van der Waals surface area contributed by atoms with E-state index in [1.807, 2.05) is 25.2 Å². The molecule has 0 aromatic heterocycles. The van der Waals surface area contributed by atoms with E-state index in [1.54, 1.807) is 0 Å². The molecule has 0 fully saturated rings. The molecule has 1 amide bonds. The minimum atomic E-state index is -1.10. The van der Waals surface area contributed by atoms with Crippen molar-refractivity contribution in [2.24, 2.45) is 5.73 Å². The fraction of sp³-hybridized carbons (Fsp3) is 0.385. The number of hydrogen-bond acceptors (Lipinski definition) is 4. The Morgan fingerprint density at radius 2 is 2.26 bits per heavy atom. The Bertz CT molecular complexity index is 516. The zero-order valence-electron chi connectivity index (χ0n) is 10.7. The topological polar surface area (TPSA) is 95.7 Å². The van der Waals surface area contributed by atoms with E-state index in [1.165, 1.54) is 4.90 Å². The van der Waals surface area contributed by atoms with Gasteiger partial charge in [0, 0.05) is 24.8 Å². The normalized spacial score (nSPS) is 15.9. The van der Waals surface area contributed by atoms with Crippen molar-refractivity contribution in [2.45, 2.75) is 18.9 Å². The van der Waals surface area contributed by atoms with Crippen molar-refractivity contribution in [1.82, 2.24) is 0 Å². The molecule has 1 aliphatic rings. The minimum Gasteiger partial charge on any atom is -0.480 e. The molecule has 6 heteroatoms. The Hall–Kier alpha value is -2.08. The van der Waals surface area contributed by atoms with Gasteiger partial charge in [-0.3, -0.25) is 9.59 Å². The molecule has 0 saturated heterocycles. The van der Waals surface area contributed by atoms with Crippen LogP contribution >= 0.6 is 0 Å². The zero-order valence-corrected chi connectivity index (χ0v) is 10.7. The van der Waals surface area contributed by atoms with Gasteiger partial charge >= 0.3 is 5.97 Å². The maximum Gasteiger partial charge on any atom is 0.322 e. The molecule has 0 spiro atoms. The van der Waals surface area contributed by atoms with Crippen molar-refractivity contribution in [3.05, 3.63) is 23.8 Å². The Labute approximate surface area is 111 Å². The number of rotatable bonds is 4. The second kappa shape index (κ2) is 5.27. The maximum absolute atomic E-state index is 11.9. The number of carbonyl (C=O) groups excluding carboxylic acids is 1. The maximum atomic E-state index is 11.9. The van der Waals surface area contributed by atoms with Crippen molar-refractivity contribution < 1.29 is 14.7 Å². The fourth-order valence-electron chi connectivity index (χ4n) is 2.19. The van der Waals surface area contributed by atoms with Gasteiger partial charge in [-0.1, -0.05) is 0 Å². The molecule has 0 saturated carbocycles. The van der Waals surface area contributed by atoms with E-state index >= 15 is 0 Å². The van der Waals surface area contributed by atoms with Crippen molar-refractivity contribution in [3.63, 3.8) is 0 Å². The highest BCUT2D eigenvalue weighted by Crippen LogP contribution is 2.30. The van der Waals surface area contributed by atoms with Crippen molar-refractivity contribution in [3.8, 4) is 0 Å². The predicted octanol–water partition coefficient (Wildman–Crippen LogP) is 0.419. The largest absolute Gasteiger partial charge is 0.480 e. The molecule has 2 rings (SSSR count). The first-order chi connectivity index (χ1) is 9.02. The molecule has 1 atom stereocenters. The lowest BCUT2D eigenvalue weighted by Gasteiger charge is -2.30. The van der Waals surface area contributed by atoms with Gasteiger partial charge in [0.05, 0.1) is 6.54 Å². The summed E-state index contributed by atoms with van der Waals surface area (Å²) in [5.74, 6) is -1.19. The number of anilines is 2. The number of amides is 1. The summed E-state index contributed by atoms with van der Waals surface area (Å²) in [4.78, 5) is 24.2. The van der Waals surface area contributed by atoms with Crippen LogP contribution in [0.25, 0.3) is 0 Å². The van der Waals surface area contributed by atoms with Crippen LogP contribution in [0.1, 0.15) is 12.0 Å². The SMILES string of the molecule is CNc1ccc2c(c1)CCC(=O)N2CC(N)C(=O)O. The predicted molar refractivity (Wildman–Crippen MR) is 72.3 cm³/mol. The number of carboxylic acids is 1. The van der Waals surface area contributed by atoms with Gasteiger partial charge in [0.25, 0.3) is 0 Å². The van der Waals surface area contributed by atoms with Gasteiger partial charge < -0.3 is 21.1 Å². The summed E-state index contributed by atoms with van der Waals surface area (Å²) in [5, 5.41) is 11.9. The number of benzene rings is 1. The van der Waals surface area contributed by atoms with Crippen LogP contribution in [0.2, 0.25) is 0 Å². The van der Waals surface area contributed by atoms with Crippen LogP contribution in [0.3, 0.4) is 0 Å². The molecule has 0 bridgehead atoms. The van der Waals surface area contributed by atoms with Crippen LogP contribution in [0.15, 0.2) is 18.2 Å². The van der Waals surface area contributed by atoms with Gasteiger partial charge in [0.2, 0.25) is 5.91 Å². The third kappa shape index (κ3) is 2.68. The molecule has 0 aliphatic carbocycles. The summed E-state index contributed by atoms with van der Waals surface area (Å²) < 4.78 is 0. The Balaban J connectivity index is 2.30. The summed E-state index contributed by atoms with van der Waals surface area (Å²) in [6.07, 6.45) is 1.05. The van der Waals surface area contributed by atoms with Gasteiger partial charge in [-0.25, -0.2) is 0 Å². The van der Waals surface area contributed by atoms with E-state index < -0.39 is 12.0 Å². The highest BCUT2D eigenvalue weighted by Gasteiger charge is 2.27. The summed E-state index contributed by atoms with van der Waals surface area (Å²) in [6, 6.07) is 4.59. The van der Waals surface area contributed by atoms with Crippen LogP contribution in [0.5, 0.6) is 0 Å². The van der Waals surface area contributed by atoms with E-state index in [4.69, 9.17) is 10.8 Å². The molecule has 1 unspecified atom stereocenters. The smallest absolute Gasteiger partial charge is 0.322 e. The second-order valence-electron chi connectivity index (χ2n) is 4.54. The molecule has 1 aliphatic heterocycles. The van der Waals surface area contributed by atoms with Crippen molar-refractivity contribution >= 4 is 23.3 Å². The quantitative estimate of drug-likeness (QED) is 0.731. The number of nitrogens with zero attached hydrogens (tertiary/aromatic N) is 1. The lowest BCUT2D eigenvalue weighted by atomic mass is 10.00. The van der Waals surface area contributed by atoms with Gasteiger partial charge in [-0.05, 0) is 30.2 Å². The molecule has 1 aromatic rings. The van der Waals surface area contributed by atoms with Crippen LogP contribution in [-0.2, 0) is 16.0 Å². The minimum absolute atomic E-state index is 0.0000664. The molecule has 4 N–H and O–H groups in total. The Morgan fingerprint density at radius 3 is 2.89 bits per heavy atom. The van der Waals surface area contributed by atoms with Gasteiger partial charge in [0.15, 0.2) is 0 Å². The first-order valence-corrected chi connectivity index (χ1v) is 6.12. The summed E-state index contributed by atoms with van der Waals surface area (Å²) in [5.41, 5.74) is 8.27. The number of aliphatic carboxylic acids is 1. The molecule has 0 radical (unpaired) electrons. The van der Waals surface area contributed by atoms with Crippen molar-refractivity contribution in [2.75, 3.05) is 23.8 Å². The lowest BCUT2D eigenvalue weighted by Crippen LogP contribution is -2.47. The van der Waals surface area contributed by atoms with E-state index in [0.29, 0.717) is 12.8 Å². The third-order valence-electron chi connectivity index (χ3n) is 3.26. The van der Waals surface area contributed by atoms with Gasteiger partial charge in [0.1, 0.15) is 6.04 Å². The molecule has 102 valence electrons.